The number of hydrogen-bond donors (Lipinski definition) is 4. The molecular formula is C20H42N8. The van der Waals surface area contributed by atoms with Crippen molar-refractivity contribution in [2.75, 3.05) is 0 Å². The maximum atomic E-state index is 5.31. The van der Waals surface area contributed by atoms with E-state index < -0.39 is 0 Å². The molecule has 0 amide bonds. The first-order valence-corrected chi connectivity index (χ1v) is 10.8. The lowest BCUT2D eigenvalue weighted by atomic mass is 10.0. The number of nitrogens with zero attached hydrogens (tertiary/aromatic N) is 4. The molecule has 0 aromatic rings. The second-order valence-electron chi connectivity index (χ2n) is 7.23. The van der Waals surface area contributed by atoms with Crippen LogP contribution in [0.5, 0.6) is 0 Å². The second kappa shape index (κ2) is 19.6. The van der Waals surface area contributed by atoms with Crippen molar-refractivity contribution in [3.05, 3.63) is 0 Å². The van der Waals surface area contributed by atoms with Crippen LogP contribution in [0.15, 0.2) is 20.4 Å². The van der Waals surface area contributed by atoms with Crippen LogP contribution < -0.4 is 22.9 Å². The van der Waals surface area contributed by atoms with Gasteiger partial charge in [0, 0.05) is 0 Å². The highest BCUT2D eigenvalue weighted by molar-refractivity contribution is 6.30. The highest BCUT2D eigenvalue weighted by atomic mass is 15.3. The Balaban J connectivity index is 3.72. The van der Waals surface area contributed by atoms with E-state index in [2.05, 4.69) is 27.3 Å². The van der Waals surface area contributed by atoms with Crippen molar-refractivity contribution in [1.29, 1.82) is 0 Å². The van der Waals surface area contributed by atoms with Crippen molar-refractivity contribution >= 4 is 23.8 Å². The molecule has 162 valence electrons. The van der Waals surface area contributed by atoms with Crippen molar-refractivity contribution in [3.63, 3.8) is 0 Å². The van der Waals surface area contributed by atoms with Crippen LogP contribution in [0.2, 0.25) is 0 Å². The minimum absolute atomic E-state index is 0.0892. The molecule has 0 aliphatic rings. The largest absolute Gasteiger partial charge is 0.369 e. The molecule has 0 saturated heterocycles. The van der Waals surface area contributed by atoms with E-state index in [0.29, 0.717) is 5.71 Å². The SMILES string of the molecule is CCCCCCCCCCCCCCCCC(/C=N/N=C(N)N)=N/N=C(N)N. The lowest BCUT2D eigenvalue weighted by Gasteiger charge is -2.03. The first kappa shape index (κ1) is 25.9. The number of rotatable bonds is 18. The van der Waals surface area contributed by atoms with Crippen molar-refractivity contribution in [2.45, 2.75) is 103 Å². The summed E-state index contributed by atoms with van der Waals surface area (Å²) >= 11 is 0. The van der Waals surface area contributed by atoms with E-state index in [1.54, 1.807) is 0 Å². The zero-order valence-electron chi connectivity index (χ0n) is 17.8. The van der Waals surface area contributed by atoms with E-state index in [1.807, 2.05) is 0 Å². The van der Waals surface area contributed by atoms with Crippen molar-refractivity contribution in [2.24, 2.45) is 43.3 Å². The molecule has 0 saturated carbocycles. The van der Waals surface area contributed by atoms with Crippen LogP contribution in [0.3, 0.4) is 0 Å². The summed E-state index contributed by atoms with van der Waals surface area (Å²) in [5, 5.41) is 15.0. The molecular weight excluding hydrogens is 352 g/mol. The minimum atomic E-state index is -0.103. The molecule has 0 heterocycles. The van der Waals surface area contributed by atoms with E-state index in [-0.39, 0.29) is 11.9 Å². The lowest BCUT2D eigenvalue weighted by Crippen LogP contribution is -2.22. The van der Waals surface area contributed by atoms with E-state index in [9.17, 15) is 0 Å². The predicted octanol–water partition coefficient (Wildman–Crippen LogP) is 3.75. The smallest absolute Gasteiger partial charge is 0.211 e. The van der Waals surface area contributed by atoms with Gasteiger partial charge in [0.05, 0.1) is 11.9 Å². The molecule has 0 aromatic heterocycles. The molecule has 0 bridgehead atoms. The Morgan fingerprint density at radius 2 is 1.00 bits per heavy atom. The first-order valence-electron chi connectivity index (χ1n) is 10.8. The molecule has 8 heteroatoms. The van der Waals surface area contributed by atoms with Crippen molar-refractivity contribution in [1.82, 2.24) is 0 Å². The van der Waals surface area contributed by atoms with Crippen LogP contribution in [0.25, 0.3) is 0 Å². The predicted molar refractivity (Wildman–Crippen MR) is 122 cm³/mol. The number of unbranched alkanes of at least 4 members (excludes halogenated alkanes) is 13. The van der Waals surface area contributed by atoms with Gasteiger partial charge in [0.1, 0.15) is 0 Å². The maximum Gasteiger partial charge on any atom is 0.211 e. The zero-order valence-corrected chi connectivity index (χ0v) is 17.8. The molecule has 0 atom stereocenters. The van der Waals surface area contributed by atoms with Gasteiger partial charge >= 0.3 is 0 Å². The fourth-order valence-corrected chi connectivity index (χ4v) is 2.93. The van der Waals surface area contributed by atoms with E-state index in [4.69, 9.17) is 22.9 Å². The average Bonchev–Trinajstić information content (AvgIpc) is 2.65. The number of guanidine groups is 2. The third-order valence-electron chi connectivity index (χ3n) is 4.46. The highest BCUT2D eigenvalue weighted by Crippen LogP contribution is 2.13. The van der Waals surface area contributed by atoms with Crippen LogP contribution in [0, 0.1) is 0 Å². The highest BCUT2D eigenvalue weighted by Gasteiger charge is 1.98. The molecule has 8 nitrogen and oxygen atoms in total. The first-order chi connectivity index (χ1) is 13.6. The summed E-state index contributed by atoms with van der Waals surface area (Å²) in [6.45, 7) is 2.27. The molecule has 0 unspecified atom stereocenters. The van der Waals surface area contributed by atoms with E-state index in [0.717, 1.165) is 19.3 Å². The van der Waals surface area contributed by atoms with Gasteiger partial charge in [0.15, 0.2) is 0 Å². The van der Waals surface area contributed by atoms with Crippen LogP contribution in [0.4, 0.5) is 0 Å². The Morgan fingerprint density at radius 3 is 1.43 bits per heavy atom. The summed E-state index contributed by atoms with van der Waals surface area (Å²) in [4.78, 5) is 0. The molecule has 0 radical (unpaired) electrons. The molecule has 0 aromatic carbocycles. The lowest BCUT2D eigenvalue weighted by molar-refractivity contribution is 0.537. The van der Waals surface area contributed by atoms with Gasteiger partial charge in [-0.25, -0.2) is 0 Å². The monoisotopic (exact) mass is 394 g/mol. The molecule has 8 N–H and O–H groups in total. The quantitative estimate of drug-likeness (QED) is 0.121. The third-order valence-corrected chi connectivity index (χ3v) is 4.46. The molecule has 0 fully saturated rings. The van der Waals surface area contributed by atoms with E-state index in [1.165, 1.54) is 83.3 Å². The molecule has 0 spiro atoms. The van der Waals surface area contributed by atoms with Crippen LogP contribution in [0.1, 0.15) is 103 Å². The standard InChI is InChI=1S/C20H42N8/c1-2-3-4-5-6-7-8-9-10-11-12-13-14-15-16-18(26-28-20(23)24)17-25-27-19(21)22/h17H,2-16H2,1H3,(H4,21,22,27)(H4,23,24,28)/b25-17+,26-18-. The Hall–Kier alpha value is -2.12. The summed E-state index contributed by atoms with van der Waals surface area (Å²) in [6, 6.07) is 0. The number of hydrogen-bond acceptors (Lipinski definition) is 4. The average molecular weight is 395 g/mol. The fourth-order valence-electron chi connectivity index (χ4n) is 2.93. The van der Waals surface area contributed by atoms with Gasteiger partial charge < -0.3 is 22.9 Å². The van der Waals surface area contributed by atoms with Crippen LogP contribution in [-0.2, 0) is 0 Å². The maximum absolute atomic E-state index is 5.31. The van der Waals surface area contributed by atoms with Crippen molar-refractivity contribution in [3.8, 4) is 0 Å². The summed E-state index contributed by atoms with van der Waals surface area (Å²) in [6.07, 6.45) is 20.7. The molecule has 0 rings (SSSR count). The normalized spacial score (nSPS) is 11.7. The Labute approximate surface area is 171 Å². The van der Waals surface area contributed by atoms with Gasteiger partial charge in [0.2, 0.25) is 11.9 Å². The zero-order chi connectivity index (χ0) is 20.9. The van der Waals surface area contributed by atoms with E-state index >= 15 is 0 Å². The van der Waals surface area contributed by atoms with Gasteiger partial charge in [-0.15, -0.1) is 10.2 Å². The van der Waals surface area contributed by atoms with Crippen LogP contribution >= 0.6 is 0 Å². The summed E-state index contributed by atoms with van der Waals surface area (Å²) < 4.78 is 0. The Bertz CT molecular complexity index is 475. The second-order valence-corrected chi connectivity index (χ2v) is 7.23. The third kappa shape index (κ3) is 20.2. The Kier molecular flexibility index (Phi) is 18.1. The Morgan fingerprint density at radius 1 is 0.571 bits per heavy atom. The van der Waals surface area contributed by atoms with Gasteiger partial charge in [-0.2, -0.15) is 10.2 Å². The molecule has 0 aliphatic carbocycles. The van der Waals surface area contributed by atoms with Gasteiger partial charge in [0.25, 0.3) is 0 Å². The summed E-state index contributed by atoms with van der Waals surface area (Å²) in [5.41, 5.74) is 21.7. The van der Waals surface area contributed by atoms with Gasteiger partial charge in [-0.3, -0.25) is 0 Å². The van der Waals surface area contributed by atoms with Gasteiger partial charge in [-0.05, 0) is 12.8 Å². The van der Waals surface area contributed by atoms with Crippen molar-refractivity contribution < 1.29 is 0 Å². The summed E-state index contributed by atoms with van der Waals surface area (Å²) in [7, 11) is 0. The van der Waals surface area contributed by atoms with Crippen LogP contribution in [-0.4, -0.2) is 23.8 Å². The molecule has 28 heavy (non-hydrogen) atoms. The minimum Gasteiger partial charge on any atom is -0.369 e. The van der Waals surface area contributed by atoms with Gasteiger partial charge in [-0.1, -0.05) is 90.4 Å². The number of nitrogens with two attached hydrogens (primary N) is 4. The topological polar surface area (TPSA) is 154 Å². The fraction of sp³-hybridized carbons (Fsp3) is 0.800. The molecule has 0 aliphatic heterocycles. The summed E-state index contributed by atoms with van der Waals surface area (Å²) in [5.74, 6) is -0.192.